The van der Waals surface area contributed by atoms with Crippen molar-refractivity contribution in [2.24, 2.45) is 5.41 Å². The summed E-state index contributed by atoms with van der Waals surface area (Å²) in [7, 11) is 3.64. The Kier molecular flexibility index (Phi) is 36.3. The van der Waals surface area contributed by atoms with E-state index in [9.17, 15) is 30.0 Å². The van der Waals surface area contributed by atoms with Crippen LogP contribution in [0.2, 0.25) is 0 Å². The molecule has 19 nitrogen and oxygen atoms in total. The van der Waals surface area contributed by atoms with E-state index in [0.717, 1.165) is 126 Å². The molecule has 1 saturated heterocycles. The summed E-state index contributed by atoms with van der Waals surface area (Å²) in [5, 5.41) is 42.9. The number of hydrogen-bond acceptors (Lipinski definition) is 18. The van der Waals surface area contributed by atoms with Gasteiger partial charge in [-0.2, -0.15) is 0 Å². The first kappa shape index (κ1) is 108. The smallest absolute Gasteiger partial charge is 0.307 e. The van der Waals surface area contributed by atoms with E-state index in [0.29, 0.717) is 67.7 Å². The number of rotatable bonds is 25. The number of fused-ring (bicyclic) bond motifs is 5. The third-order valence-electron chi connectivity index (χ3n) is 27.5. The molecule has 6 heterocycles. The van der Waals surface area contributed by atoms with Gasteiger partial charge in [-0.3, -0.25) is 9.59 Å². The van der Waals surface area contributed by atoms with Crippen molar-refractivity contribution in [1.82, 2.24) is 0 Å². The highest BCUT2D eigenvalue weighted by molar-refractivity contribution is 5.95. The van der Waals surface area contributed by atoms with Crippen LogP contribution in [0, 0.1) is 60.8 Å². The van der Waals surface area contributed by atoms with E-state index in [1.807, 2.05) is 101 Å². The summed E-state index contributed by atoms with van der Waals surface area (Å²) < 4.78 is 59.4. The second-order valence-electron chi connectivity index (χ2n) is 44.1. The third-order valence-corrected chi connectivity index (χ3v) is 27.5. The van der Waals surface area contributed by atoms with Gasteiger partial charge in [0.2, 0.25) is 6.29 Å². The van der Waals surface area contributed by atoms with E-state index in [-0.39, 0.29) is 73.3 Å². The van der Waals surface area contributed by atoms with Crippen LogP contribution in [0.4, 0.5) is 17.1 Å². The van der Waals surface area contributed by atoms with Gasteiger partial charge in [0.05, 0.1) is 44.5 Å². The number of hydrogen-bond donors (Lipinski definition) is 5. The Labute approximate surface area is 820 Å². The number of carbonyl (C=O) groups excluding carboxylic acids is 2. The summed E-state index contributed by atoms with van der Waals surface area (Å²) in [4.78, 5) is 28.5. The number of carbonyl (C=O) groups is 2. The van der Waals surface area contributed by atoms with Crippen LogP contribution >= 0.6 is 0 Å². The summed E-state index contributed by atoms with van der Waals surface area (Å²) in [5.41, 5.74) is 18.5. The highest BCUT2D eigenvalue weighted by Crippen LogP contribution is 2.58. The number of nitrogens with one attached hydrogen (secondary N) is 1. The normalized spacial score (nSPS) is 17.1. The molecule has 15 rings (SSSR count). The summed E-state index contributed by atoms with van der Waals surface area (Å²) in [6.45, 7) is 61.3. The Bertz CT molecular complexity index is 5370. The molecule has 0 radical (unpaired) electrons. The number of aromatic hydroxyl groups is 4. The van der Waals surface area contributed by atoms with Gasteiger partial charge in [-0.05, 0) is 231 Å². The van der Waals surface area contributed by atoms with Crippen molar-refractivity contribution in [3.05, 3.63) is 236 Å². The second-order valence-corrected chi connectivity index (χ2v) is 44.1. The molecule has 19 heteroatoms. The minimum absolute atomic E-state index is 0.000627. The minimum Gasteiger partial charge on any atom is -0.508 e. The van der Waals surface area contributed by atoms with Crippen molar-refractivity contribution in [3.63, 3.8) is 0 Å². The molecule has 0 saturated carbocycles. The van der Waals surface area contributed by atoms with Gasteiger partial charge in [-0.15, -0.1) is 0 Å². The number of aryl methyl sites for hydroxylation is 8. The van der Waals surface area contributed by atoms with Gasteiger partial charge < -0.3 is 82.9 Å². The van der Waals surface area contributed by atoms with Crippen LogP contribution in [-0.4, -0.2) is 116 Å². The first-order valence-corrected chi connectivity index (χ1v) is 49.9. The van der Waals surface area contributed by atoms with E-state index >= 15 is 0 Å². The summed E-state index contributed by atoms with van der Waals surface area (Å²) >= 11 is 0. The fraction of sp³-hybridized carbons (Fsp3) is 0.525. The highest BCUT2D eigenvalue weighted by Gasteiger charge is 2.56. The summed E-state index contributed by atoms with van der Waals surface area (Å²) in [6, 6.07) is 50.8. The van der Waals surface area contributed by atoms with Crippen LogP contribution in [0.3, 0.4) is 0 Å². The number of esters is 1. The number of phenolic OH excluding ortho intramolecular Hbond substituents is 4. The Morgan fingerprint density at radius 3 is 1.46 bits per heavy atom. The Hall–Kier alpha value is -10.8. The molecule has 0 bridgehead atoms. The largest absolute Gasteiger partial charge is 0.508 e. The van der Waals surface area contributed by atoms with E-state index in [1.165, 1.54) is 96.0 Å². The van der Waals surface area contributed by atoms with Crippen molar-refractivity contribution in [1.29, 1.82) is 0 Å². The maximum absolute atomic E-state index is 12.2. The van der Waals surface area contributed by atoms with Gasteiger partial charge in [-0.1, -0.05) is 220 Å². The average molecular weight is 1880 g/mol. The van der Waals surface area contributed by atoms with Gasteiger partial charge in [0, 0.05) is 138 Å². The van der Waals surface area contributed by atoms with Crippen molar-refractivity contribution >= 4 is 28.9 Å². The molecule has 0 aromatic heterocycles. The Morgan fingerprint density at radius 2 is 0.971 bits per heavy atom. The fourth-order valence-corrected chi connectivity index (χ4v) is 20.2. The number of anilines is 3. The van der Waals surface area contributed by atoms with Crippen LogP contribution in [0.15, 0.2) is 158 Å². The number of methoxy groups -OCH3 is 1. The standard InChI is InChI=1S/C25H32O2.C23H39NO3.C21H24O4.C20H32O3.C18H21NO3.C11H15NO/c1-15-9-19-21(11-17(15)3)26-25(13-23(19,5)6)14-24(7,8)20-10-16(2)18(4)12-22(20)27-25;1-4-5-6-7-8-9-10-11-12-13-20-27-23(25)18-19-24(2)21-14-16-22(26-3)17-15-21;1-19(2)11-21(24-17-9-13(22)5-7-15(17)19)12-20(3,4)16-8-6-14(23)10-18(16)25-21;1-9-22-17-20(7,8)14-10-15(21)13(11-16(14)23-17)19(5,6)12-18(2,3)4;1-11-6-8-17(13(3)9-11)22-14(4)18(21)19-15-10-12(2)5-7-16(15)20;1-10-2-4-11(5-3-10)12-6-8-13-9-7-12/h9-12H,13-14H2,1-8H3;14-17H,4-13,18-20H2,1-3H3;5-10,22-23H,11-12H2,1-4H3;10-11,17,21H,9,12H2,1-8H3;5-10,14,20H,1-4H3,(H,19,21);2-5H,6-9H2,1H3. The van der Waals surface area contributed by atoms with Crippen LogP contribution in [-0.2, 0) is 56.3 Å². The molecule has 1 fully saturated rings. The van der Waals surface area contributed by atoms with Crippen LogP contribution in [0.5, 0.6) is 63.2 Å². The third kappa shape index (κ3) is 29.0. The minimum atomic E-state index is -0.825. The predicted octanol–water partition coefficient (Wildman–Crippen LogP) is 27.7. The molecule has 1 amide bonds. The van der Waals surface area contributed by atoms with Crippen LogP contribution in [0.25, 0.3) is 0 Å². The number of amides is 1. The predicted molar refractivity (Wildman–Crippen MR) is 556 cm³/mol. The van der Waals surface area contributed by atoms with E-state index in [1.54, 1.807) is 56.5 Å². The van der Waals surface area contributed by atoms with Gasteiger partial charge in [0.1, 0.15) is 63.2 Å². The molecular formula is C118H163N3O16. The quantitative estimate of drug-likeness (QED) is 0.0204. The average Bonchev–Trinajstić information content (AvgIpc) is 1.61. The lowest BCUT2D eigenvalue weighted by Crippen LogP contribution is -2.55. The van der Waals surface area contributed by atoms with Crippen molar-refractivity contribution in [2.75, 3.05) is 75.3 Å². The van der Waals surface area contributed by atoms with Crippen molar-refractivity contribution in [2.45, 2.75) is 339 Å². The number of benzene rings is 9. The lowest BCUT2D eigenvalue weighted by molar-refractivity contribution is -0.167. The number of ether oxygens (including phenoxy) is 10. The summed E-state index contributed by atoms with van der Waals surface area (Å²) in [5.74, 6) is 4.55. The molecule has 6 aliphatic rings. The first-order chi connectivity index (χ1) is 64.3. The molecule has 5 N–H and O–H groups in total. The first-order valence-electron chi connectivity index (χ1n) is 49.9. The van der Waals surface area contributed by atoms with Gasteiger partial charge >= 0.3 is 5.97 Å². The van der Waals surface area contributed by atoms with E-state index in [4.69, 9.17) is 47.4 Å². The number of morpholine rings is 1. The van der Waals surface area contributed by atoms with E-state index < -0.39 is 17.7 Å². The lowest BCUT2D eigenvalue weighted by atomic mass is 9.68. The van der Waals surface area contributed by atoms with Gasteiger partial charge in [-0.25, -0.2) is 0 Å². The SMILES string of the molecule is CC1(C)CC2(CC(C)(C)c3ccc(O)cc3O2)Oc2cc(O)ccc21.CCCCCCCCCCCCOC(=O)CCN(C)c1ccc(OC)cc1.CCOC1Oc2cc(C(C)(C)CC(C)(C)C)c(O)cc2C1(C)C.Cc1cc2c(cc1C)C(C)(C)CC1(CC(C)(C)c3cc(C)c(C)cc3O1)O2.Cc1ccc(N2CCOCC2)cc1.Cc1ccc(OC(C)C(=O)Nc2cc(C)ccc2O)c(C)c1. The van der Waals surface area contributed by atoms with Crippen LogP contribution in [0.1, 0.15) is 305 Å². The number of unbranched alkanes of at least 4 members (excludes halogenated alkanes) is 9. The maximum Gasteiger partial charge on any atom is 0.307 e. The molecule has 137 heavy (non-hydrogen) atoms. The zero-order chi connectivity index (χ0) is 101. The van der Waals surface area contributed by atoms with Crippen LogP contribution < -0.4 is 48.3 Å². The number of nitrogens with zero attached hydrogens (tertiary/aromatic N) is 2. The molecular weight excluding hydrogens is 1720 g/mol. The maximum atomic E-state index is 12.2. The molecule has 746 valence electrons. The molecule has 9 aromatic carbocycles. The topological polar surface area (TPSA) is 226 Å². The Balaban J connectivity index is 0.000000171. The lowest BCUT2D eigenvalue weighted by Gasteiger charge is -2.51. The van der Waals surface area contributed by atoms with Crippen molar-refractivity contribution in [3.8, 4) is 63.2 Å². The van der Waals surface area contributed by atoms with Crippen molar-refractivity contribution < 1.29 is 77.4 Å². The molecule has 2 atom stereocenters. The number of phenols is 4. The highest BCUT2D eigenvalue weighted by atomic mass is 16.7. The zero-order valence-corrected chi connectivity index (χ0v) is 88.0. The monoisotopic (exact) mass is 1880 g/mol. The fourth-order valence-electron chi connectivity index (χ4n) is 20.2. The molecule has 9 aromatic rings. The molecule has 2 unspecified atom stereocenters. The van der Waals surface area contributed by atoms with Gasteiger partial charge in [0.25, 0.3) is 17.5 Å². The zero-order valence-electron chi connectivity index (χ0n) is 88.0. The molecule has 6 aliphatic heterocycles. The second kappa shape index (κ2) is 45.9. The molecule has 0 aliphatic carbocycles. The van der Waals surface area contributed by atoms with Gasteiger partial charge in [0.15, 0.2) is 6.10 Å². The summed E-state index contributed by atoms with van der Waals surface area (Å²) in [6.07, 6.45) is 16.4. The Morgan fingerprint density at radius 1 is 0.504 bits per heavy atom. The molecule has 2 spiro atoms. The van der Waals surface area contributed by atoms with E-state index in [2.05, 4.69) is 209 Å².